The molecule has 0 rings (SSSR count). The smallest absolute Gasteiger partial charge is 0.214 e. The van der Waals surface area contributed by atoms with E-state index in [9.17, 15) is 0 Å². The van der Waals surface area contributed by atoms with Gasteiger partial charge < -0.3 is 5.84 Å². The van der Waals surface area contributed by atoms with Crippen molar-refractivity contribution in [2.75, 3.05) is 0 Å². The molecule has 0 radical (unpaired) electrons. The van der Waals surface area contributed by atoms with Crippen molar-refractivity contribution in [1.29, 1.82) is 5.52 Å². The maximum atomic E-state index is 6.02. The van der Waals surface area contributed by atoms with E-state index in [1.807, 2.05) is 0 Å². The van der Waals surface area contributed by atoms with E-state index in [1.165, 1.54) is 0 Å². The lowest BCUT2D eigenvalue weighted by atomic mass is 11.4. The number of hydrogen-bond donors (Lipinski definition) is 2. The summed E-state index contributed by atoms with van der Waals surface area (Å²) in [5.74, 6) is 4.55. The summed E-state index contributed by atoms with van der Waals surface area (Å²) in [5.41, 5.74) is 2.57. The molecule has 0 aromatic carbocycles. The van der Waals surface area contributed by atoms with Crippen LogP contribution in [0.4, 0.5) is 0 Å². The van der Waals surface area contributed by atoms with E-state index in [0.717, 1.165) is 6.34 Å². The molecule has 0 atom stereocenters. The highest BCUT2D eigenvalue weighted by Crippen LogP contribution is 1.44. The monoisotopic (exact) mass is 72.0 g/mol. The Morgan fingerprint density at radius 2 is 3.00 bits per heavy atom. The molecule has 0 bridgehead atoms. The van der Waals surface area contributed by atoms with Crippen molar-refractivity contribution in [3.05, 3.63) is 0 Å². The molecule has 3 N–H and O–H groups in total. The lowest BCUT2D eigenvalue weighted by Crippen LogP contribution is -1.75. The summed E-state index contributed by atoms with van der Waals surface area (Å²) in [6, 6.07) is 0. The fourth-order valence-electron chi connectivity index (χ4n) is 0.0298. The number of hydrogen-bond acceptors (Lipinski definition) is 3. The molecule has 0 aliphatic heterocycles. The lowest BCUT2D eigenvalue weighted by molar-refractivity contribution is 1.17. The molecule has 0 aromatic heterocycles. The largest absolute Gasteiger partial charge is 0.322 e. The predicted molar refractivity (Wildman–Crippen MR) is 17.8 cm³/mol. The summed E-state index contributed by atoms with van der Waals surface area (Å²) in [5, 5.41) is 5.89. The standard InChI is InChI=1S/CH4N4/c2-4-1-5-3/h1-2H,3H2/b4-2-,5-1+. The number of nitrogens with one attached hydrogen (secondary N) is 1. The Hall–Kier alpha value is -0.930. The Labute approximate surface area is 30.6 Å². The fraction of sp³-hybridized carbons (Fsp3) is 0. The zero-order chi connectivity index (χ0) is 4.83. The Bertz CT molecular complexity index is 55.9. The first-order chi connectivity index (χ1) is 2.91. The third-order valence-corrected chi connectivity index (χ3v) is 0.118. The highest BCUT2D eigenvalue weighted by Gasteiger charge is 1.43. The number of nitrogens with two attached hydrogens (primary N) is 1. The second-order valence-corrected chi connectivity index (χ2v) is 0.380. The zero-order valence-corrected chi connectivity index (χ0v) is 2.50. The molecule has 0 aliphatic carbocycles. The van der Waals surface area contributed by atoms with Crippen LogP contribution in [-0.4, -0.2) is 6.34 Å². The van der Waals surface area contributed by atoms with Gasteiger partial charge in [0.25, 0.3) is 0 Å². The minimum atomic E-state index is 0.979. The topological polar surface area (TPSA) is 74.6 Å². The highest BCUT2D eigenvalue weighted by molar-refractivity contribution is 5.52. The summed E-state index contributed by atoms with van der Waals surface area (Å²) in [6.45, 7) is 0. The van der Waals surface area contributed by atoms with Gasteiger partial charge in [-0.25, -0.2) is 5.52 Å². The average molecular weight is 72.1 g/mol. The maximum absolute atomic E-state index is 6.02. The molecule has 28 valence electrons. The summed E-state index contributed by atoms with van der Waals surface area (Å²) in [7, 11) is 0. The van der Waals surface area contributed by atoms with Crippen molar-refractivity contribution in [3.63, 3.8) is 0 Å². The van der Waals surface area contributed by atoms with E-state index < -0.39 is 0 Å². The predicted octanol–water partition coefficient (Wildman–Crippen LogP) is -0.0806. The van der Waals surface area contributed by atoms with Crippen molar-refractivity contribution < 1.29 is 1.41 Å². The van der Waals surface area contributed by atoms with Crippen LogP contribution < -0.4 is 5.84 Å². The van der Waals surface area contributed by atoms with Crippen LogP contribution in [-0.2, 0) is 0 Å². The van der Waals surface area contributed by atoms with Crippen molar-refractivity contribution in [2.45, 2.75) is 0 Å². The molecule has 4 heteroatoms. The van der Waals surface area contributed by atoms with Crippen molar-refractivity contribution in [1.82, 2.24) is 0 Å². The van der Waals surface area contributed by atoms with E-state index in [0.29, 0.717) is 0 Å². The van der Waals surface area contributed by atoms with Gasteiger partial charge in [0.15, 0.2) is 6.34 Å². The van der Waals surface area contributed by atoms with Crippen LogP contribution >= 0.6 is 0 Å². The Kier molecular flexibility index (Phi) is 1.42. The molecule has 0 fully saturated rings. The molecule has 0 heterocycles. The summed E-state index contributed by atoms with van der Waals surface area (Å²) in [6.07, 6.45) is 0.979. The zero-order valence-electron chi connectivity index (χ0n) is 3.50. The van der Waals surface area contributed by atoms with Gasteiger partial charge in [-0.3, -0.25) is 0 Å². The minimum Gasteiger partial charge on any atom is -0.322 e. The average Bonchev–Trinajstić information content (AvgIpc) is 1.61. The van der Waals surface area contributed by atoms with Gasteiger partial charge in [-0.2, -0.15) is 5.10 Å². The fourth-order valence-corrected chi connectivity index (χ4v) is 0.0298. The van der Waals surface area contributed by atoms with E-state index >= 15 is 0 Å². The van der Waals surface area contributed by atoms with Crippen LogP contribution in [0.1, 0.15) is 0 Å². The summed E-state index contributed by atoms with van der Waals surface area (Å²) >= 11 is 0. The molecule has 0 amide bonds. The molecule has 4 nitrogen and oxygen atoms in total. The number of nitrogens with zero attached hydrogens (tertiary/aromatic N) is 2. The second-order valence-electron chi connectivity index (χ2n) is 0.380. The van der Waals surface area contributed by atoms with Gasteiger partial charge in [0.05, 0.1) is 0 Å². The number of rotatable bonds is 1. The molecule has 5 heavy (non-hydrogen) atoms. The van der Waals surface area contributed by atoms with Crippen molar-refractivity contribution in [3.8, 4) is 0 Å². The minimum absolute atomic E-state index is 0.979. The van der Waals surface area contributed by atoms with Crippen LogP contribution in [0.2, 0.25) is 1.41 Å². The molecule has 0 spiro atoms. The van der Waals surface area contributed by atoms with Crippen LogP contribution in [0, 0.1) is 5.52 Å². The Morgan fingerprint density at radius 1 is 2.20 bits per heavy atom. The van der Waals surface area contributed by atoms with E-state index in [-0.39, 0.29) is 0 Å². The van der Waals surface area contributed by atoms with Gasteiger partial charge in [0.2, 0.25) is 1.41 Å². The molecule has 0 saturated heterocycles. The first-order valence-electron chi connectivity index (χ1n) is 1.42. The van der Waals surface area contributed by atoms with Gasteiger partial charge in [-0.15, -0.1) is 5.11 Å². The van der Waals surface area contributed by atoms with Gasteiger partial charge in [0.1, 0.15) is 0 Å². The maximum Gasteiger partial charge on any atom is 0.214 e. The van der Waals surface area contributed by atoms with Crippen molar-refractivity contribution in [2.24, 2.45) is 16.1 Å². The summed E-state index contributed by atoms with van der Waals surface area (Å²) in [4.78, 5) is 0. The van der Waals surface area contributed by atoms with Crippen LogP contribution in [0.5, 0.6) is 0 Å². The third-order valence-electron chi connectivity index (χ3n) is 0.118. The van der Waals surface area contributed by atoms with Crippen LogP contribution in [0.15, 0.2) is 10.2 Å². The molecule has 0 unspecified atom stereocenters. The highest BCUT2D eigenvalue weighted by atomic mass is 15.2. The first-order valence-corrected chi connectivity index (χ1v) is 0.975. The van der Waals surface area contributed by atoms with Crippen LogP contribution in [0.25, 0.3) is 0 Å². The first kappa shape index (κ1) is 2.32. The SMILES string of the molecule is [H]/N=N\C=N\N. The van der Waals surface area contributed by atoms with Gasteiger partial charge in [0, 0.05) is 0 Å². The summed E-state index contributed by atoms with van der Waals surface area (Å²) < 4.78 is 6.02. The normalized spacial score (nSPS) is 14.0. The molecule has 0 saturated carbocycles. The molecule has 0 aromatic rings. The Balaban J connectivity index is 3.07. The van der Waals surface area contributed by atoms with E-state index in [4.69, 9.17) is 1.41 Å². The molecular weight excluding hydrogens is 68.0 g/mol. The Morgan fingerprint density at radius 3 is 3.20 bits per heavy atom. The van der Waals surface area contributed by atoms with Gasteiger partial charge in [-0.1, -0.05) is 0 Å². The van der Waals surface area contributed by atoms with Crippen molar-refractivity contribution >= 4 is 6.34 Å². The van der Waals surface area contributed by atoms with Gasteiger partial charge in [-0.05, 0) is 0 Å². The number of hydrazone groups is 1. The molecule has 0 aliphatic rings. The second kappa shape index (κ2) is 3.07. The van der Waals surface area contributed by atoms with E-state index in [2.05, 4.69) is 21.6 Å². The molecular formula is CH4N4. The third kappa shape index (κ3) is 3.07. The van der Waals surface area contributed by atoms with E-state index in [1.54, 1.807) is 0 Å². The quantitative estimate of drug-likeness (QED) is 0.147. The lowest BCUT2D eigenvalue weighted by Gasteiger charge is -1.58. The van der Waals surface area contributed by atoms with Crippen LogP contribution in [0.3, 0.4) is 0 Å². The van der Waals surface area contributed by atoms with Gasteiger partial charge >= 0.3 is 0 Å².